The highest BCUT2D eigenvalue weighted by Crippen LogP contribution is 2.17. The van der Waals surface area contributed by atoms with E-state index in [1.165, 1.54) is 0 Å². The fraction of sp³-hybridized carbons (Fsp3) is 0.562. The zero-order valence-electron chi connectivity index (χ0n) is 12.2. The van der Waals surface area contributed by atoms with Gasteiger partial charge in [0.05, 0.1) is 5.92 Å². The number of hydrogen-bond acceptors (Lipinski definition) is 2. The lowest BCUT2D eigenvalue weighted by Gasteiger charge is -2.25. The molecule has 0 radical (unpaired) electrons. The van der Waals surface area contributed by atoms with E-state index in [9.17, 15) is 4.79 Å². The van der Waals surface area contributed by atoms with Crippen LogP contribution in [0.1, 0.15) is 45.1 Å². The molecule has 2 atom stereocenters. The molecule has 0 heterocycles. The first-order valence-corrected chi connectivity index (χ1v) is 7.19. The molecule has 0 saturated heterocycles. The van der Waals surface area contributed by atoms with Gasteiger partial charge in [-0.3, -0.25) is 4.79 Å². The number of rotatable bonds is 7. The van der Waals surface area contributed by atoms with Gasteiger partial charge < -0.3 is 11.1 Å². The van der Waals surface area contributed by atoms with Crippen LogP contribution < -0.4 is 11.1 Å². The molecule has 0 aromatic heterocycles. The number of carbonyl (C=O) groups excluding carboxylic acids is 1. The Morgan fingerprint density at radius 3 is 2.26 bits per heavy atom. The fourth-order valence-electron chi connectivity index (χ4n) is 2.52. The topological polar surface area (TPSA) is 55.1 Å². The average molecular weight is 262 g/mol. The predicted octanol–water partition coefficient (Wildman–Crippen LogP) is 2.67. The Balaban J connectivity index is 2.70. The van der Waals surface area contributed by atoms with E-state index in [0.717, 1.165) is 18.4 Å². The van der Waals surface area contributed by atoms with Crippen LogP contribution >= 0.6 is 0 Å². The van der Waals surface area contributed by atoms with Crippen molar-refractivity contribution in [3.05, 3.63) is 35.9 Å². The third kappa shape index (κ3) is 4.35. The number of amides is 1. The Hall–Kier alpha value is -1.35. The van der Waals surface area contributed by atoms with Crippen LogP contribution in [0, 0.1) is 5.92 Å². The van der Waals surface area contributed by atoms with E-state index in [-0.39, 0.29) is 17.9 Å². The molecule has 0 aliphatic heterocycles. The molecule has 1 amide bonds. The molecular weight excluding hydrogens is 236 g/mol. The standard InChI is InChI=1S/C16H26N2O/c1-4-13(5-2)12(3)18-16(19)15(11-17)14-9-7-6-8-10-14/h6-10,12-13,15H,4-5,11,17H2,1-3H3,(H,18,19). The van der Waals surface area contributed by atoms with Gasteiger partial charge in [0.15, 0.2) is 0 Å². The van der Waals surface area contributed by atoms with Gasteiger partial charge in [-0.2, -0.15) is 0 Å². The first-order chi connectivity index (χ1) is 9.13. The first-order valence-electron chi connectivity index (χ1n) is 7.19. The van der Waals surface area contributed by atoms with Crippen LogP contribution in [0.25, 0.3) is 0 Å². The molecule has 0 aliphatic carbocycles. The summed E-state index contributed by atoms with van der Waals surface area (Å²) in [6, 6.07) is 9.94. The van der Waals surface area contributed by atoms with E-state index in [0.29, 0.717) is 12.5 Å². The van der Waals surface area contributed by atoms with Gasteiger partial charge in [-0.15, -0.1) is 0 Å². The highest BCUT2D eigenvalue weighted by Gasteiger charge is 2.22. The lowest BCUT2D eigenvalue weighted by atomic mass is 9.93. The molecular formula is C16H26N2O. The number of benzene rings is 1. The lowest BCUT2D eigenvalue weighted by Crippen LogP contribution is -2.42. The first kappa shape index (κ1) is 15.7. The van der Waals surface area contributed by atoms with Crippen molar-refractivity contribution in [2.45, 2.75) is 45.6 Å². The van der Waals surface area contributed by atoms with Gasteiger partial charge in [0.1, 0.15) is 0 Å². The molecule has 1 aromatic carbocycles. The van der Waals surface area contributed by atoms with E-state index in [1.54, 1.807) is 0 Å². The molecule has 2 unspecified atom stereocenters. The van der Waals surface area contributed by atoms with E-state index in [4.69, 9.17) is 5.73 Å². The second kappa shape index (κ2) is 7.95. The van der Waals surface area contributed by atoms with Gasteiger partial charge in [0.2, 0.25) is 5.91 Å². The van der Waals surface area contributed by atoms with Crippen LogP contribution in [0.5, 0.6) is 0 Å². The second-order valence-corrected chi connectivity index (χ2v) is 5.07. The second-order valence-electron chi connectivity index (χ2n) is 5.07. The van der Waals surface area contributed by atoms with Gasteiger partial charge >= 0.3 is 0 Å². The zero-order valence-corrected chi connectivity index (χ0v) is 12.2. The third-order valence-electron chi connectivity index (χ3n) is 3.88. The maximum atomic E-state index is 12.3. The molecule has 0 bridgehead atoms. The smallest absolute Gasteiger partial charge is 0.229 e. The number of nitrogens with two attached hydrogens (primary N) is 1. The van der Waals surface area contributed by atoms with Crippen molar-refractivity contribution in [3.8, 4) is 0 Å². The summed E-state index contributed by atoms with van der Waals surface area (Å²) in [5.41, 5.74) is 6.75. The Labute approximate surface area is 116 Å². The SMILES string of the molecule is CCC(CC)C(C)NC(=O)C(CN)c1ccccc1. The Morgan fingerprint density at radius 2 is 1.79 bits per heavy atom. The maximum absolute atomic E-state index is 12.3. The number of hydrogen-bond donors (Lipinski definition) is 2. The molecule has 106 valence electrons. The summed E-state index contributed by atoms with van der Waals surface area (Å²) in [5.74, 6) is 0.310. The van der Waals surface area contributed by atoms with E-state index < -0.39 is 0 Å². The third-order valence-corrected chi connectivity index (χ3v) is 3.88. The van der Waals surface area contributed by atoms with Crippen LogP contribution in [0.3, 0.4) is 0 Å². The van der Waals surface area contributed by atoms with Gasteiger partial charge in [-0.05, 0) is 18.4 Å². The number of nitrogens with one attached hydrogen (secondary N) is 1. The summed E-state index contributed by atoms with van der Waals surface area (Å²) < 4.78 is 0. The molecule has 19 heavy (non-hydrogen) atoms. The van der Waals surface area contributed by atoms with Crippen LogP contribution in [-0.2, 0) is 4.79 Å². The largest absolute Gasteiger partial charge is 0.353 e. The van der Waals surface area contributed by atoms with Crippen molar-refractivity contribution in [1.29, 1.82) is 0 Å². The van der Waals surface area contributed by atoms with Crippen molar-refractivity contribution >= 4 is 5.91 Å². The van der Waals surface area contributed by atoms with Crippen molar-refractivity contribution in [2.75, 3.05) is 6.54 Å². The number of carbonyl (C=O) groups is 1. The highest BCUT2D eigenvalue weighted by molar-refractivity contribution is 5.84. The molecule has 0 saturated carbocycles. The Morgan fingerprint density at radius 1 is 1.21 bits per heavy atom. The van der Waals surface area contributed by atoms with Gasteiger partial charge in [0, 0.05) is 12.6 Å². The summed E-state index contributed by atoms with van der Waals surface area (Å²) in [7, 11) is 0. The molecule has 3 nitrogen and oxygen atoms in total. The van der Waals surface area contributed by atoms with Gasteiger partial charge in [-0.25, -0.2) is 0 Å². The van der Waals surface area contributed by atoms with E-state index in [1.807, 2.05) is 30.3 Å². The van der Waals surface area contributed by atoms with Crippen molar-refractivity contribution < 1.29 is 4.79 Å². The summed E-state index contributed by atoms with van der Waals surface area (Å²) >= 11 is 0. The summed E-state index contributed by atoms with van der Waals surface area (Å²) in [6.45, 7) is 6.74. The summed E-state index contributed by atoms with van der Waals surface area (Å²) in [6.07, 6.45) is 2.16. The molecule has 0 spiro atoms. The van der Waals surface area contributed by atoms with E-state index >= 15 is 0 Å². The molecule has 0 fully saturated rings. The molecule has 1 aromatic rings. The molecule has 3 heteroatoms. The minimum absolute atomic E-state index is 0.0353. The van der Waals surface area contributed by atoms with Gasteiger partial charge in [-0.1, -0.05) is 57.0 Å². The normalized spacial score (nSPS) is 14.2. The highest BCUT2D eigenvalue weighted by atomic mass is 16.1. The minimum Gasteiger partial charge on any atom is -0.353 e. The predicted molar refractivity (Wildman–Crippen MR) is 79.9 cm³/mol. The average Bonchev–Trinajstić information content (AvgIpc) is 2.42. The summed E-state index contributed by atoms with van der Waals surface area (Å²) in [5, 5.41) is 3.11. The zero-order chi connectivity index (χ0) is 14.3. The Bertz CT molecular complexity index is 374. The Kier molecular flexibility index (Phi) is 6.57. The van der Waals surface area contributed by atoms with Crippen molar-refractivity contribution in [3.63, 3.8) is 0 Å². The monoisotopic (exact) mass is 262 g/mol. The van der Waals surface area contributed by atoms with Crippen LogP contribution in [0.2, 0.25) is 0 Å². The summed E-state index contributed by atoms with van der Waals surface area (Å²) in [4.78, 5) is 12.3. The minimum atomic E-state index is -0.252. The maximum Gasteiger partial charge on any atom is 0.229 e. The van der Waals surface area contributed by atoms with E-state index in [2.05, 4.69) is 26.1 Å². The van der Waals surface area contributed by atoms with Crippen LogP contribution in [-0.4, -0.2) is 18.5 Å². The molecule has 1 rings (SSSR count). The fourth-order valence-corrected chi connectivity index (χ4v) is 2.52. The molecule has 0 aliphatic rings. The quantitative estimate of drug-likeness (QED) is 0.793. The van der Waals surface area contributed by atoms with Crippen LogP contribution in [0.4, 0.5) is 0 Å². The molecule has 3 N–H and O–H groups in total. The lowest BCUT2D eigenvalue weighted by molar-refractivity contribution is -0.123. The van der Waals surface area contributed by atoms with Crippen LogP contribution in [0.15, 0.2) is 30.3 Å². The van der Waals surface area contributed by atoms with Crippen molar-refractivity contribution in [2.24, 2.45) is 11.7 Å². The van der Waals surface area contributed by atoms with Crippen molar-refractivity contribution in [1.82, 2.24) is 5.32 Å². The van der Waals surface area contributed by atoms with Gasteiger partial charge in [0.25, 0.3) is 0 Å².